The molecule has 1 aliphatic rings. The summed E-state index contributed by atoms with van der Waals surface area (Å²) in [7, 11) is 0. The van der Waals surface area contributed by atoms with Gasteiger partial charge in [0.25, 0.3) is 0 Å². The smallest absolute Gasteiger partial charge is 0.157 e. The van der Waals surface area contributed by atoms with Gasteiger partial charge in [-0.15, -0.1) is 0 Å². The molecule has 2 atom stereocenters. The molecule has 1 aliphatic heterocycles. The average Bonchev–Trinajstić information content (AvgIpc) is 2.42. The maximum Gasteiger partial charge on any atom is 0.157 e. The zero-order chi connectivity index (χ0) is 15.1. The summed E-state index contributed by atoms with van der Waals surface area (Å²) in [6.45, 7) is 0. The second-order valence-corrected chi connectivity index (χ2v) is 5.00. The highest BCUT2D eigenvalue weighted by Crippen LogP contribution is 2.42. The number of fused-ring (bicyclic) bond motifs is 1. The van der Waals surface area contributed by atoms with Crippen molar-refractivity contribution in [3.63, 3.8) is 0 Å². The molecule has 2 aromatic carbocycles. The Morgan fingerprint density at radius 2 is 1.64 bits per heavy atom. The summed E-state index contributed by atoms with van der Waals surface area (Å²) < 4.78 is 5.62. The molecule has 1 heterocycles. The third-order valence-corrected chi connectivity index (χ3v) is 3.51. The van der Waals surface area contributed by atoms with E-state index in [-0.39, 0.29) is 43.6 Å². The molecule has 0 aliphatic carbocycles. The molecule has 0 spiro atoms. The molecule has 7 heteroatoms. The van der Waals surface area contributed by atoms with Gasteiger partial charge in [0.1, 0.15) is 23.4 Å². The fraction of sp³-hybridized carbons (Fsp3) is 0.200. The first-order valence-electron chi connectivity index (χ1n) is 6.37. The van der Waals surface area contributed by atoms with Crippen LogP contribution in [0.25, 0.3) is 0 Å². The molecule has 3 rings (SSSR count). The molecule has 0 amide bonds. The maximum absolute atomic E-state index is 10.2. The highest BCUT2D eigenvalue weighted by atomic mass is 16.5. The van der Waals surface area contributed by atoms with Crippen molar-refractivity contribution < 1.29 is 30.3 Å². The largest absolute Gasteiger partial charge is 0.508 e. The van der Waals surface area contributed by atoms with E-state index in [1.54, 1.807) is 0 Å². The van der Waals surface area contributed by atoms with Crippen LogP contribution in [-0.2, 0) is 6.42 Å². The van der Waals surface area contributed by atoms with Crippen LogP contribution in [0, 0.1) is 0 Å². The number of phenols is 4. The number of benzene rings is 2. The van der Waals surface area contributed by atoms with Crippen molar-refractivity contribution in [2.45, 2.75) is 18.6 Å². The first kappa shape index (κ1) is 15.8. The molecule has 0 saturated heterocycles. The second kappa shape index (κ2) is 5.69. The van der Waals surface area contributed by atoms with Gasteiger partial charge < -0.3 is 30.3 Å². The predicted octanol–water partition coefficient (Wildman–Crippen LogP) is 1.17. The van der Waals surface area contributed by atoms with Crippen molar-refractivity contribution in [2.75, 3.05) is 0 Å². The lowest BCUT2D eigenvalue weighted by molar-refractivity contribution is 0.0197. The molecule has 22 heavy (non-hydrogen) atoms. The van der Waals surface area contributed by atoms with Gasteiger partial charge in [-0.25, -0.2) is 0 Å². The van der Waals surface area contributed by atoms with Gasteiger partial charge in [-0.2, -0.15) is 0 Å². The number of ether oxygens (including phenoxy) is 1. The van der Waals surface area contributed by atoms with Crippen molar-refractivity contribution in [2.24, 2.45) is 0 Å². The quantitative estimate of drug-likeness (QED) is 0.399. The van der Waals surface area contributed by atoms with Crippen molar-refractivity contribution in [3.8, 4) is 28.7 Å². The van der Waals surface area contributed by atoms with E-state index in [1.165, 1.54) is 30.3 Å². The van der Waals surface area contributed by atoms with Crippen LogP contribution in [0.3, 0.4) is 0 Å². The SMILES string of the molecule is Oc1cc(O)c2c(c1)O[C@H](c1ccc(O)c(O)c1)[C@@H](O)C2.[B]. The lowest BCUT2D eigenvalue weighted by Gasteiger charge is -2.31. The number of aromatic hydroxyl groups is 4. The Labute approximate surface area is 128 Å². The fourth-order valence-electron chi connectivity index (χ4n) is 2.47. The summed E-state index contributed by atoms with van der Waals surface area (Å²) in [5.74, 6) is -0.589. The normalized spacial score (nSPS) is 19.7. The van der Waals surface area contributed by atoms with Gasteiger partial charge in [0, 0.05) is 32.5 Å². The van der Waals surface area contributed by atoms with Gasteiger partial charge in [0.15, 0.2) is 11.5 Å². The van der Waals surface area contributed by atoms with Crippen molar-refractivity contribution in [1.82, 2.24) is 0 Å². The Morgan fingerprint density at radius 1 is 0.909 bits per heavy atom. The van der Waals surface area contributed by atoms with Crippen LogP contribution >= 0.6 is 0 Å². The fourth-order valence-corrected chi connectivity index (χ4v) is 2.47. The lowest BCUT2D eigenvalue weighted by atomic mass is 9.94. The maximum atomic E-state index is 10.2. The van der Waals surface area contributed by atoms with Gasteiger partial charge in [-0.3, -0.25) is 0 Å². The molecule has 0 bridgehead atoms. The summed E-state index contributed by atoms with van der Waals surface area (Å²) in [6, 6.07) is 6.67. The van der Waals surface area contributed by atoms with Crippen LogP contribution in [0.1, 0.15) is 17.2 Å². The molecular formula is C15H14BO6. The molecule has 5 N–H and O–H groups in total. The molecule has 6 nitrogen and oxygen atoms in total. The van der Waals surface area contributed by atoms with Crippen molar-refractivity contribution in [3.05, 3.63) is 41.5 Å². The number of rotatable bonds is 1. The first-order valence-corrected chi connectivity index (χ1v) is 6.37. The summed E-state index contributed by atoms with van der Waals surface area (Å²) in [5.41, 5.74) is 0.894. The molecule has 113 valence electrons. The Balaban J connectivity index is 0.00000176. The third-order valence-electron chi connectivity index (χ3n) is 3.51. The van der Waals surface area contributed by atoms with E-state index in [4.69, 9.17) is 4.74 Å². The number of hydrogen-bond acceptors (Lipinski definition) is 6. The van der Waals surface area contributed by atoms with Crippen molar-refractivity contribution in [1.29, 1.82) is 0 Å². The number of hydrogen-bond donors (Lipinski definition) is 5. The predicted molar refractivity (Wildman–Crippen MR) is 78.4 cm³/mol. The van der Waals surface area contributed by atoms with Gasteiger partial charge in [-0.1, -0.05) is 6.07 Å². The summed E-state index contributed by atoms with van der Waals surface area (Å²) in [5, 5.41) is 48.3. The van der Waals surface area contributed by atoms with E-state index in [0.29, 0.717) is 11.1 Å². The standard InChI is InChI=1S/C15H14O6.B/c16-8-4-11(18)9-6-13(20)15(21-14(9)5-8)7-1-2-10(17)12(19)3-7;/h1-5,13,15-20H,6H2;/t13-,15+;/m0./s1. The van der Waals surface area contributed by atoms with E-state index in [9.17, 15) is 25.5 Å². The van der Waals surface area contributed by atoms with Crippen molar-refractivity contribution >= 4 is 8.41 Å². The Hall–Kier alpha value is -2.54. The van der Waals surface area contributed by atoms with E-state index in [0.717, 1.165) is 0 Å². The number of aliphatic hydroxyl groups is 1. The Bertz CT molecular complexity index is 703. The molecule has 3 radical (unpaired) electrons. The van der Waals surface area contributed by atoms with Crippen LogP contribution in [0.4, 0.5) is 0 Å². The van der Waals surface area contributed by atoms with E-state index >= 15 is 0 Å². The highest BCUT2D eigenvalue weighted by Gasteiger charge is 2.32. The third kappa shape index (κ3) is 2.63. The van der Waals surface area contributed by atoms with Crippen LogP contribution in [-0.4, -0.2) is 40.0 Å². The van der Waals surface area contributed by atoms with Gasteiger partial charge >= 0.3 is 0 Å². The van der Waals surface area contributed by atoms with E-state index in [1.807, 2.05) is 0 Å². The zero-order valence-corrected chi connectivity index (χ0v) is 11.5. The molecule has 2 aromatic rings. The number of aliphatic hydroxyl groups excluding tert-OH is 1. The monoisotopic (exact) mass is 301 g/mol. The molecule has 0 unspecified atom stereocenters. The Kier molecular flexibility index (Phi) is 4.10. The van der Waals surface area contributed by atoms with Crippen LogP contribution in [0.5, 0.6) is 28.7 Å². The van der Waals surface area contributed by atoms with E-state index < -0.39 is 12.2 Å². The summed E-state index contributed by atoms with van der Waals surface area (Å²) in [4.78, 5) is 0. The minimum Gasteiger partial charge on any atom is -0.508 e. The molecule has 0 saturated carbocycles. The minimum absolute atomic E-state index is 0. The summed E-state index contributed by atoms with van der Waals surface area (Å²) in [6.07, 6.45) is -1.56. The molecular weight excluding hydrogens is 287 g/mol. The molecule has 0 aromatic heterocycles. The topological polar surface area (TPSA) is 110 Å². The first-order chi connectivity index (χ1) is 9.95. The van der Waals surface area contributed by atoms with Crippen LogP contribution < -0.4 is 4.74 Å². The average molecular weight is 301 g/mol. The van der Waals surface area contributed by atoms with Crippen LogP contribution in [0.2, 0.25) is 0 Å². The summed E-state index contributed by atoms with van der Waals surface area (Å²) >= 11 is 0. The van der Waals surface area contributed by atoms with E-state index in [2.05, 4.69) is 0 Å². The molecule has 0 fully saturated rings. The minimum atomic E-state index is -0.933. The van der Waals surface area contributed by atoms with Gasteiger partial charge in [0.05, 0.1) is 6.10 Å². The highest BCUT2D eigenvalue weighted by molar-refractivity contribution is 5.75. The second-order valence-electron chi connectivity index (χ2n) is 5.00. The zero-order valence-electron chi connectivity index (χ0n) is 11.5. The van der Waals surface area contributed by atoms with Crippen LogP contribution in [0.15, 0.2) is 30.3 Å². The van der Waals surface area contributed by atoms with Gasteiger partial charge in [-0.05, 0) is 17.7 Å². The lowest BCUT2D eigenvalue weighted by Crippen LogP contribution is -2.30. The van der Waals surface area contributed by atoms with Gasteiger partial charge in [0.2, 0.25) is 0 Å². The Morgan fingerprint density at radius 3 is 2.32 bits per heavy atom. The number of phenolic OH excluding ortho intramolecular Hbond substituents is 4.